The first-order valence-corrected chi connectivity index (χ1v) is 10.8. The Balaban J connectivity index is 1.84. The Morgan fingerprint density at radius 3 is 2.19 bits per heavy atom. The van der Waals surface area contributed by atoms with Crippen LogP contribution in [0, 0.1) is 0 Å². The van der Waals surface area contributed by atoms with Crippen molar-refractivity contribution in [3.8, 4) is 0 Å². The van der Waals surface area contributed by atoms with Gasteiger partial charge in [-0.3, -0.25) is 14.8 Å². The molecule has 160 valence electrons. The molecular formula is C22H17N5O4S. The fraction of sp³-hybridized carbons (Fsp3) is 0. The average Bonchev–Trinajstić information content (AvgIpc) is 2.78. The molecule has 1 aliphatic rings. The number of azo groups is 1. The number of nitrogen functional groups attached to an aromatic ring is 1. The number of fused-ring (bicyclic) bond motifs is 1. The van der Waals surface area contributed by atoms with Crippen molar-refractivity contribution in [2.45, 2.75) is 0 Å². The number of para-hydroxylation sites is 1. The van der Waals surface area contributed by atoms with Gasteiger partial charge in [-0.1, -0.05) is 36.4 Å². The molecule has 3 aromatic carbocycles. The first-order chi connectivity index (χ1) is 15.3. The van der Waals surface area contributed by atoms with E-state index in [1.165, 1.54) is 12.1 Å². The highest BCUT2D eigenvalue weighted by Gasteiger charge is 2.34. The third-order valence-electron chi connectivity index (χ3n) is 4.59. The van der Waals surface area contributed by atoms with Crippen LogP contribution in [0.2, 0.25) is 0 Å². The van der Waals surface area contributed by atoms with Crippen LogP contribution in [-0.2, 0) is 10.1 Å². The zero-order chi connectivity index (χ0) is 22.7. The van der Waals surface area contributed by atoms with Gasteiger partial charge >= 0.3 is 0 Å². The zero-order valence-electron chi connectivity index (χ0n) is 16.5. The van der Waals surface area contributed by atoms with Crippen molar-refractivity contribution in [3.63, 3.8) is 0 Å². The summed E-state index contributed by atoms with van der Waals surface area (Å²) in [5, 5.41) is 12.2. The SMILES string of the molecule is Nc1ccc2c(c1N=Nc1ccccc1)C=C(S(=O)(=O)O)/C(=N/Nc1ccccc1)C2=O. The molecule has 0 saturated carbocycles. The van der Waals surface area contributed by atoms with E-state index in [0.717, 1.165) is 6.08 Å². The molecule has 4 rings (SSSR count). The first-order valence-electron chi connectivity index (χ1n) is 9.37. The number of nitrogens with zero attached hydrogens (tertiary/aromatic N) is 3. The van der Waals surface area contributed by atoms with Gasteiger partial charge in [0.25, 0.3) is 10.1 Å². The van der Waals surface area contributed by atoms with Crippen molar-refractivity contribution in [1.29, 1.82) is 0 Å². The molecule has 0 saturated heterocycles. The Bertz CT molecular complexity index is 1380. The summed E-state index contributed by atoms with van der Waals surface area (Å²) in [5.74, 6) is -0.713. The van der Waals surface area contributed by atoms with Gasteiger partial charge in [-0.15, -0.1) is 5.11 Å². The summed E-state index contributed by atoms with van der Waals surface area (Å²) in [6.45, 7) is 0. The van der Waals surface area contributed by atoms with Crippen LogP contribution in [0.4, 0.5) is 22.7 Å². The summed E-state index contributed by atoms with van der Waals surface area (Å²) in [5.41, 5.74) is 9.82. The van der Waals surface area contributed by atoms with Gasteiger partial charge in [-0.25, -0.2) is 0 Å². The van der Waals surface area contributed by atoms with Crippen molar-refractivity contribution in [2.24, 2.45) is 15.3 Å². The number of carbonyl (C=O) groups excluding carboxylic acids is 1. The predicted molar refractivity (Wildman–Crippen MR) is 123 cm³/mol. The van der Waals surface area contributed by atoms with Crippen LogP contribution in [0.3, 0.4) is 0 Å². The van der Waals surface area contributed by atoms with E-state index in [0.29, 0.717) is 11.4 Å². The number of nitrogens with one attached hydrogen (secondary N) is 1. The number of carbonyl (C=O) groups is 1. The quantitative estimate of drug-likeness (QED) is 0.226. The van der Waals surface area contributed by atoms with Gasteiger partial charge in [-0.2, -0.15) is 18.6 Å². The first kappa shape index (κ1) is 21.1. The minimum Gasteiger partial charge on any atom is -0.397 e. The molecule has 0 unspecified atom stereocenters. The van der Waals surface area contributed by atoms with E-state index in [2.05, 4.69) is 20.8 Å². The van der Waals surface area contributed by atoms with Crippen molar-refractivity contribution >= 4 is 50.4 Å². The van der Waals surface area contributed by atoms with E-state index < -0.39 is 26.5 Å². The Kier molecular flexibility index (Phi) is 5.63. The second-order valence-corrected chi connectivity index (χ2v) is 8.14. The molecule has 10 heteroatoms. The van der Waals surface area contributed by atoms with Crippen LogP contribution in [-0.4, -0.2) is 24.5 Å². The van der Waals surface area contributed by atoms with Crippen LogP contribution < -0.4 is 11.2 Å². The van der Waals surface area contributed by atoms with Gasteiger partial charge in [0, 0.05) is 11.1 Å². The lowest BCUT2D eigenvalue weighted by Crippen LogP contribution is -2.27. The number of Topliss-reactive ketones (excluding diaryl/α,β-unsaturated/α-hetero) is 1. The predicted octanol–water partition coefficient (Wildman–Crippen LogP) is 4.58. The number of benzene rings is 3. The van der Waals surface area contributed by atoms with E-state index in [4.69, 9.17) is 5.73 Å². The summed E-state index contributed by atoms with van der Waals surface area (Å²) in [7, 11) is -4.80. The van der Waals surface area contributed by atoms with Crippen molar-refractivity contribution < 1.29 is 17.8 Å². The highest BCUT2D eigenvalue weighted by atomic mass is 32.2. The lowest BCUT2D eigenvalue weighted by atomic mass is 9.92. The van der Waals surface area contributed by atoms with Gasteiger partial charge in [0.1, 0.15) is 10.6 Å². The lowest BCUT2D eigenvalue weighted by molar-refractivity contribution is 0.106. The number of hydrogen-bond acceptors (Lipinski definition) is 8. The van der Waals surface area contributed by atoms with Crippen LogP contribution in [0.15, 0.2) is 93.0 Å². The van der Waals surface area contributed by atoms with E-state index in [1.54, 1.807) is 54.6 Å². The Morgan fingerprint density at radius 2 is 1.53 bits per heavy atom. The number of allylic oxidation sites excluding steroid dienone is 1. The molecule has 1 aliphatic carbocycles. The Labute approximate surface area is 183 Å². The molecule has 0 aromatic heterocycles. The smallest absolute Gasteiger partial charge is 0.296 e. The number of hydrazone groups is 1. The van der Waals surface area contributed by atoms with Crippen molar-refractivity contribution in [2.75, 3.05) is 11.2 Å². The summed E-state index contributed by atoms with van der Waals surface area (Å²) >= 11 is 0. The van der Waals surface area contributed by atoms with E-state index >= 15 is 0 Å². The van der Waals surface area contributed by atoms with Gasteiger partial charge in [0.15, 0.2) is 5.71 Å². The fourth-order valence-electron chi connectivity index (χ4n) is 3.06. The second kappa shape index (κ2) is 8.53. The van der Waals surface area contributed by atoms with Gasteiger partial charge in [-0.05, 0) is 42.5 Å². The highest BCUT2D eigenvalue weighted by molar-refractivity contribution is 7.91. The minimum atomic E-state index is -4.80. The summed E-state index contributed by atoms with van der Waals surface area (Å²) < 4.78 is 33.9. The molecule has 0 aliphatic heterocycles. The van der Waals surface area contributed by atoms with Gasteiger partial charge < -0.3 is 5.73 Å². The van der Waals surface area contributed by atoms with Crippen molar-refractivity contribution in [1.82, 2.24) is 0 Å². The van der Waals surface area contributed by atoms with Crippen molar-refractivity contribution in [3.05, 3.63) is 88.8 Å². The molecular weight excluding hydrogens is 430 g/mol. The van der Waals surface area contributed by atoms with Crippen LogP contribution in [0.5, 0.6) is 0 Å². The third kappa shape index (κ3) is 4.31. The zero-order valence-corrected chi connectivity index (χ0v) is 17.3. The monoisotopic (exact) mass is 447 g/mol. The highest BCUT2D eigenvalue weighted by Crippen LogP contribution is 2.37. The van der Waals surface area contributed by atoms with E-state index in [-0.39, 0.29) is 22.5 Å². The Morgan fingerprint density at radius 1 is 0.875 bits per heavy atom. The number of hydrogen-bond donors (Lipinski definition) is 3. The molecule has 0 amide bonds. The minimum absolute atomic E-state index is 0.107. The maximum absolute atomic E-state index is 13.1. The van der Waals surface area contributed by atoms with E-state index in [9.17, 15) is 17.8 Å². The number of ketones is 1. The molecule has 9 nitrogen and oxygen atoms in total. The molecule has 32 heavy (non-hydrogen) atoms. The molecule has 0 atom stereocenters. The molecule has 0 fully saturated rings. The molecule has 0 heterocycles. The van der Waals surface area contributed by atoms with Crippen LogP contribution >= 0.6 is 0 Å². The topological polar surface area (TPSA) is 147 Å². The Hall–Kier alpha value is -4.15. The van der Waals surface area contributed by atoms with Gasteiger partial charge in [0.2, 0.25) is 5.78 Å². The summed E-state index contributed by atoms with van der Waals surface area (Å²) in [6.07, 6.45) is 1.12. The second-order valence-electron chi connectivity index (χ2n) is 6.75. The summed E-state index contributed by atoms with van der Waals surface area (Å²) in [4.78, 5) is 12.5. The molecule has 0 bridgehead atoms. The normalized spacial score (nSPS) is 15.0. The third-order valence-corrected chi connectivity index (χ3v) is 5.45. The molecule has 0 radical (unpaired) electrons. The number of nitrogens with two attached hydrogens (primary N) is 1. The largest absolute Gasteiger partial charge is 0.397 e. The van der Waals surface area contributed by atoms with Crippen LogP contribution in [0.1, 0.15) is 15.9 Å². The number of rotatable bonds is 5. The average molecular weight is 447 g/mol. The summed E-state index contributed by atoms with van der Waals surface area (Å²) in [6, 6.07) is 20.4. The maximum Gasteiger partial charge on any atom is 0.296 e. The van der Waals surface area contributed by atoms with Gasteiger partial charge in [0.05, 0.1) is 17.1 Å². The van der Waals surface area contributed by atoms with Crippen LogP contribution in [0.25, 0.3) is 6.08 Å². The van der Waals surface area contributed by atoms with E-state index in [1.807, 2.05) is 6.07 Å². The number of anilines is 2. The lowest BCUT2D eigenvalue weighted by Gasteiger charge is -2.18. The molecule has 0 spiro atoms. The maximum atomic E-state index is 13.1. The standard InChI is InChI=1S/C22H17N5O4S/c23-18-12-11-16-17(20(18)26-24-14-7-3-1-4-8-14)13-19(32(29,30)31)21(22(16)28)27-25-15-9-5-2-6-10-15/h1-13,25H,23H2,(H,29,30,31)/b26-24?,27-21-. The molecule has 3 aromatic rings. The fourth-order valence-corrected chi connectivity index (χ4v) is 3.71. The molecule has 4 N–H and O–H groups in total.